The summed E-state index contributed by atoms with van der Waals surface area (Å²) in [5, 5.41) is 0. The van der Waals surface area contributed by atoms with E-state index in [1.165, 1.54) is 22.6 Å². The Morgan fingerprint density at radius 3 is 1.19 bits per heavy atom. The summed E-state index contributed by atoms with van der Waals surface area (Å²) in [4.78, 5) is 56.0. The number of anilines is 2. The highest BCUT2D eigenvalue weighted by atomic mass is 16.5. The molecule has 2 heterocycles. The molecule has 0 spiro atoms. The predicted octanol–water partition coefficient (Wildman–Crippen LogP) is 8.87. The molecule has 4 aromatic carbocycles. The quantitative estimate of drug-likeness (QED) is 0.0948. The minimum atomic E-state index is -0.419. The number of fused-ring (bicyclic) bond motifs is 2. The highest BCUT2D eigenvalue weighted by Crippen LogP contribution is 2.35. The van der Waals surface area contributed by atoms with Crippen LogP contribution in [0.2, 0.25) is 0 Å². The monoisotopic (exact) mass is 644 g/mol. The van der Waals surface area contributed by atoms with Crippen LogP contribution >= 0.6 is 0 Å². The van der Waals surface area contributed by atoms with Gasteiger partial charge in [0.25, 0.3) is 23.6 Å². The SMILES string of the molecule is CCCCCCOc1ccc(N2C(=O)c3ccc(-c4ccc5c(c4)C(=O)N(c4ccc(OCCCCCC)cc4)C5=O)cc3C2=O)cc1. The Bertz CT molecular complexity index is 1690. The second-order valence-corrected chi connectivity index (χ2v) is 12.2. The van der Waals surface area contributed by atoms with E-state index in [0.29, 0.717) is 58.3 Å². The molecule has 0 bridgehead atoms. The summed E-state index contributed by atoms with van der Waals surface area (Å²) in [5.41, 5.74) is 3.44. The molecule has 0 N–H and O–H groups in total. The first-order valence-electron chi connectivity index (χ1n) is 16.9. The van der Waals surface area contributed by atoms with Crippen molar-refractivity contribution in [2.24, 2.45) is 0 Å². The number of benzene rings is 4. The number of amides is 4. The highest BCUT2D eigenvalue weighted by molar-refractivity contribution is 6.35. The molecular weight excluding hydrogens is 604 g/mol. The maximum Gasteiger partial charge on any atom is 0.266 e. The number of carbonyl (C=O) groups is 4. The van der Waals surface area contributed by atoms with Crippen molar-refractivity contribution in [3.8, 4) is 22.6 Å². The third kappa shape index (κ3) is 6.61. The molecule has 8 nitrogen and oxygen atoms in total. The molecule has 246 valence electrons. The van der Waals surface area contributed by atoms with Crippen LogP contribution in [0.4, 0.5) is 11.4 Å². The molecule has 4 aromatic rings. The van der Waals surface area contributed by atoms with E-state index in [2.05, 4.69) is 13.8 Å². The molecule has 0 radical (unpaired) electrons. The number of hydrogen-bond acceptors (Lipinski definition) is 6. The van der Waals surface area contributed by atoms with Gasteiger partial charge in [0.2, 0.25) is 0 Å². The van der Waals surface area contributed by atoms with Gasteiger partial charge in [0.1, 0.15) is 11.5 Å². The fraction of sp³-hybridized carbons (Fsp3) is 0.300. The largest absolute Gasteiger partial charge is 0.494 e. The minimum Gasteiger partial charge on any atom is -0.494 e. The molecule has 0 saturated carbocycles. The van der Waals surface area contributed by atoms with Gasteiger partial charge in [-0.05, 0) is 96.8 Å². The van der Waals surface area contributed by atoms with Gasteiger partial charge in [-0.1, -0.05) is 64.5 Å². The third-order valence-electron chi connectivity index (χ3n) is 8.83. The lowest BCUT2D eigenvalue weighted by atomic mass is 9.97. The zero-order valence-corrected chi connectivity index (χ0v) is 27.5. The van der Waals surface area contributed by atoms with Crippen LogP contribution in [0.25, 0.3) is 11.1 Å². The summed E-state index contributed by atoms with van der Waals surface area (Å²) in [6.45, 7) is 5.58. The van der Waals surface area contributed by atoms with Crippen molar-refractivity contribution in [3.63, 3.8) is 0 Å². The number of hydrogen-bond donors (Lipinski definition) is 0. The van der Waals surface area contributed by atoms with Gasteiger partial charge in [-0.3, -0.25) is 19.2 Å². The smallest absolute Gasteiger partial charge is 0.266 e. The van der Waals surface area contributed by atoms with E-state index in [1.807, 2.05) is 0 Å². The van der Waals surface area contributed by atoms with Crippen LogP contribution < -0.4 is 19.3 Å². The average Bonchev–Trinajstić information content (AvgIpc) is 3.51. The Hall–Kier alpha value is -5.24. The fourth-order valence-corrected chi connectivity index (χ4v) is 6.13. The lowest BCUT2D eigenvalue weighted by molar-refractivity contribution is 0.0910. The van der Waals surface area contributed by atoms with Crippen LogP contribution in [0.1, 0.15) is 107 Å². The predicted molar refractivity (Wildman–Crippen MR) is 186 cm³/mol. The second-order valence-electron chi connectivity index (χ2n) is 12.2. The van der Waals surface area contributed by atoms with Crippen molar-refractivity contribution in [2.45, 2.75) is 65.2 Å². The number of carbonyl (C=O) groups excluding carboxylic acids is 4. The molecule has 0 fully saturated rings. The fourth-order valence-electron chi connectivity index (χ4n) is 6.13. The van der Waals surface area contributed by atoms with Gasteiger partial charge in [0.05, 0.1) is 46.8 Å². The van der Waals surface area contributed by atoms with Gasteiger partial charge < -0.3 is 9.47 Å². The molecular formula is C40H40N2O6. The molecule has 0 atom stereocenters. The Labute approximate surface area is 281 Å². The lowest BCUT2D eigenvalue weighted by Crippen LogP contribution is -2.29. The van der Waals surface area contributed by atoms with Crippen molar-refractivity contribution in [2.75, 3.05) is 23.0 Å². The molecule has 0 saturated heterocycles. The van der Waals surface area contributed by atoms with Gasteiger partial charge in [-0.2, -0.15) is 0 Å². The summed E-state index contributed by atoms with van der Waals surface area (Å²) >= 11 is 0. The molecule has 6 rings (SSSR count). The van der Waals surface area contributed by atoms with Gasteiger partial charge in [-0.25, -0.2) is 9.80 Å². The first-order valence-corrected chi connectivity index (χ1v) is 16.9. The van der Waals surface area contributed by atoms with Gasteiger partial charge in [0.15, 0.2) is 0 Å². The number of ether oxygens (including phenoxy) is 2. The maximum atomic E-state index is 13.5. The van der Waals surface area contributed by atoms with Gasteiger partial charge in [0, 0.05) is 0 Å². The van der Waals surface area contributed by atoms with E-state index in [1.54, 1.807) is 84.9 Å². The maximum absolute atomic E-state index is 13.5. The van der Waals surface area contributed by atoms with Crippen molar-refractivity contribution in [1.29, 1.82) is 0 Å². The van der Waals surface area contributed by atoms with Gasteiger partial charge >= 0.3 is 0 Å². The number of rotatable bonds is 15. The van der Waals surface area contributed by atoms with Crippen LogP contribution in [0, 0.1) is 0 Å². The summed E-state index contributed by atoms with van der Waals surface area (Å²) in [6.07, 6.45) is 8.87. The zero-order valence-electron chi connectivity index (χ0n) is 27.5. The van der Waals surface area contributed by atoms with Crippen molar-refractivity contribution in [1.82, 2.24) is 0 Å². The molecule has 4 amide bonds. The summed E-state index contributed by atoms with van der Waals surface area (Å²) in [7, 11) is 0. The average molecular weight is 645 g/mol. The Balaban J connectivity index is 1.15. The van der Waals surface area contributed by atoms with Crippen LogP contribution in [-0.2, 0) is 0 Å². The third-order valence-corrected chi connectivity index (χ3v) is 8.83. The Morgan fingerprint density at radius 1 is 0.438 bits per heavy atom. The normalized spacial score (nSPS) is 13.7. The van der Waals surface area contributed by atoms with E-state index in [9.17, 15) is 19.2 Å². The van der Waals surface area contributed by atoms with E-state index < -0.39 is 23.6 Å². The summed E-state index contributed by atoms with van der Waals surface area (Å²) < 4.78 is 11.6. The molecule has 0 aromatic heterocycles. The van der Waals surface area contributed by atoms with Crippen LogP contribution in [0.3, 0.4) is 0 Å². The van der Waals surface area contributed by atoms with Crippen LogP contribution in [-0.4, -0.2) is 36.8 Å². The second kappa shape index (κ2) is 14.7. The van der Waals surface area contributed by atoms with E-state index in [-0.39, 0.29) is 11.1 Å². The standard InChI is InChI=1S/C40H40N2O6/c1-3-5-7-9-23-47-31-17-13-29(14-18-31)41-37(43)33-21-11-27(25-35(33)39(41)45)28-12-22-34-36(26-28)40(46)42(38(34)44)30-15-19-32(20-16-30)48-24-10-8-6-4-2/h11-22,25-26H,3-10,23-24H2,1-2H3. The number of nitrogens with zero attached hydrogens (tertiary/aromatic N) is 2. The topological polar surface area (TPSA) is 93.2 Å². The summed E-state index contributed by atoms with van der Waals surface area (Å²) in [6, 6.07) is 24.1. The summed E-state index contributed by atoms with van der Waals surface area (Å²) in [5.74, 6) is -0.247. The van der Waals surface area contributed by atoms with E-state index in [4.69, 9.17) is 9.47 Å². The Morgan fingerprint density at radius 2 is 0.812 bits per heavy atom. The zero-order chi connectivity index (χ0) is 33.6. The number of imide groups is 2. The Kier molecular flexibility index (Phi) is 9.99. The minimum absolute atomic E-state index is 0.283. The van der Waals surface area contributed by atoms with Crippen LogP contribution in [0.5, 0.6) is 11.5 Å². The van der Waals surface area contributed by atoms with Crippen LogP contribution in [0.15, 0.2) is 84.9 Å². The van der Waals surface area contributed by atoms with Crippen molar-refractivity contribution >= 4 is 35.0 Å². The molecule has 48 heavy (non-hydrogen) atoms. The van der Waals surface area contributed by atoms with Crippen molar-refractivity contribution < 1.29 is 28.7 Å². The van der Waals surface area contributed by atoms with Crippen molar-refractivity contribution in [3.05, 3.63) is 107 Å². The van der Waals surface area contributed by atoms with E-state index in [0.717, 1.165) is 38.5 Å². The number of unbranched alkanes of at least 4 members (excludes halogenated alkanes) is 6. The highest BCUT2D eigenvalue weighted by Gasteiger charge is 2.38. The first kappa shape index (κ1) is 32.7. The first-order chi connectivity index (χ1) is 23.4. The van der Waals surface area contributed by atoms with E-state index >= 15 is 0 Å². The molecule has 8 heteroatoms. The molecule has 0 aliphatic carbocycles. The molecule has 2 aliphatic heterocycles. The molecule has 2 aliphatic rings. The molecule has 0 unspecified atom stereocenters. The lowest BCUT2D eigenvalue weighted by Gasteiger charge is -2.14. The van der Waals surface area contributed by atoms with Gasteiger partial charge in [-0.15, -0.1) is 0 Å².